The molecule has 1 N–H and O–H groups in total. The highest BCUT2D eigenvalue weighted by molar-refractivity contribution is 7.16. The molecule has 4 heteroatoms. The lowest BCUT2D eigenvalue weighted by Gasteiger charge is -2.07. The van der Waals surface area contributed by atoms with E-state index in [0.717, 1.165) is 29.2 Å². The zero-order valence-electron chi connectivity index (χ0n) is 11.7. The SMILES string of the molecule is Cc1ccc(NCCc2ncnc3scc(C)c23)cc1. The first-order chi connectivity index (χ1) is 9.74. The molecule has 2 aromatic heterocycles. The summed E-state index contributed by atoms with van der Waals surface area (Å²) in [6.07, 6.45) is 2.57. The molecule has 3 aromatic rings. The number of fused-ring (bicyclic) bond motifs is 1. The van der Waals surface area contributed by atoms with Gasteiger partial charge < -0.3 is 5.32 Å². The minimum atomic E-state index is 0.879. The Kier molecular flexibility index (Phi) is 3.65. The lowest BCUT2D eigenvalue weighted by Crippen LogP contribution is -2.06. The van der Waals surface area contributed by atoms with Crippen molar-refractivity contribution >= 4 is 27.2 Å². The number of benzene rings is 1. The summed E-state index contributed by atoms with van der Waals surface area (Å²) in [5.74, 6) is 0. The minimum absolute atomic E-state index is 0.879. The third-order valence-corrected chi connectivity index (χ3v) is 4.38. The molecule has 0 fully saturated rings. The summed E-state index contributed by atoms with van der Waals surface area (Å²) in [6, 6.07) is 8.46. The van der Waals surface area contributed by atoms with Gasteiger partial charge in [0.05, 0.1) is 5.69 Å². The molecule has 0 unspecified atom stereocenters. The van der Waals surface area contributed by atoms with E-state index in [1.165, 1.54) is 16.5 Å². The molecule has 3 rings (SSSR count). The van der Waals surface area contributed by atoms with Crippen LogP contribution in [0.2, 0.25) is 0 Å². The number of hydrogen-bond acceptors (Lipinski definition) is 4. The van der Waals surface area contributed by atoms with Crippen molar-refractivity contribution in [3.63, 3.8) is 0 Å². The molecular weight excluding hydrogens is 266 g/mol. The van der Waals surface area contributed by atoms with Gasteiger partial charge in [0.25, 0.3) is 0 Å². The molecule has 0 atom stereocenters. The lowest BCUT2D eigenvalue weighted by molar-refractivity contribution is 0.963. The third kappa shape index (κ3) is 2.65. The van der Waals surface area contributed by atoms with Gasteiger partial charge in [-0.3, -0.25) is 0 Å². The number of hydrogen-bond donors (Lipinski definition) is 1. The van der Waals surface area contributed by atoms with Crippen LogP contribution in [-0.2, 0) is 6.42 Å². The predicted molar refractivity (Wildman–Crippen MR) is 85.5 cm³/mol. The number of rotatable bonds is 4. The van der Waals surface area contributed by atoms with Crippen LogP contribution < -0.4 is 5.32 Å². The van der Waals surface area contributed by atoms with Crippen LogP contribution >= 0.6 is 11.3 Å². The molecule has 1 aromatic carbocycles. The van der Waals surface area contributed by atoms with Gasteiger partial charge in [-0.1, -0.05) is 17.7 Å². The molecule has 3 nitrogen and oxygen atoms in total. The molecular formula is C16H17N3S. The summed E-state index contributed by atoms with van der Waals surface area (Å²) < 4.78 is 0. The molecule has 0 spiro atoms. The fourth-order valence-electron chi connectivity index (χ4n) is 2.28. The average molecular weight is 283 g/mol. The van der Waals surface area contributed by atoms with E-state index >= 15 is 0 Å². The van der Waals surface area contributed by atoms with Gasteiger partial charge in [-0.05, 0) is 36.9 Å². The van der Waals surface area contributed by atoms with Crippen molar-refractivity contribution in [2.75, 3.05) is 11.9 Å². The Balaban J connectivity index is 1.71. The van der Waals surface area contributed by atoms with Crippen molar-refractivity contribution in [1.29, 1.82) is 0 Å². The zero-order chi connectivity index (χ0) is 13.9. The summed E-state index contributed by atoms with van der Waals surface area (Å²) >= 11 is 1.69. The largest absolute Gasteiger partial charge is 0.385 e. The number of thiophene rings is 1. The number of nitrogens with zero attached hydrogens (tertiary/aromatic N) is 2. The van der Waals surface area contributed by atoms with Crippen LogP contribution in [-0.4, -0.2) is 16.5 Å². The molecule has 0 aliphatic carbocycles. The van der Waals surface area contributed by atoms with Gasteiger partial charge in [0, 0.05) is 24.0 Å². The topological polar surface area (TPSA) is 37.8 Å². The molecule has 20 heavy (non-hydrogen) atoms. The molecule has 0 saturated heterocycles. The van der Waals surface area contributed by atoms with E-state index in [1.807, 2.05) is 0 Å². The van der Waals surface area contributed by atoms with Crippen molar-refractivity contribution in [1.82, 2.24) is 9.97 Å². The van der Waals surface area contributed by atoms with E-state index in [0.29, 0.717) is 0 Å². The maximum Gasteiger partial charge on any atom is 0.127 e. The molecule has 0 radical (unpaired) electrons. The van der Waals surface area contributed by atoms with Gasteiger partial charge in [0.1, 0.15) is 11.2 Å². The van der Waals surface area contributed by atoms with E-state index in [1.54, 1.807) is 17.7 Å². The maximum atomic E-state index is 4.44. The van der Waals surface area contributed by atoms with Crippen LogP contribution in [0.4, 0.5) is 5.69 Å². The first kappa shape index (κ1) is 13.1. The van der Waals surface area contributed by atoms with E-state index < -0.39 is 0 Å². The van der Waals surface area contributed by atoms with E-state index in [4.69, 9.17) is 0 Å². The fraction of sp³-hybridized carbons (Fsp3) is 0.250. The van der Waals surface area contributed by atoms with Crippen LogP contribution in [0.15, 0.2) is 36.0 Å². The highest BCUT2D eigenvalue weighted by Crippen LogP contribution is 2.25. The summed E-state index contributed by atoms with van der Waals surface area (Å²) in [6.45, 7) is 5.10. The molecule has 0 bridgehead atoms. The standard InChI is InChI=1S/C16H17N3S/c1-11-3-5-13(6-4-11)17-8-7-14-15-12(2)9-20-16(15)19-10-18-14/h3-6,9-10,17H,7-8H2,1-2H3. The van der Waals surface area contributed by atoms with Crippen LogP contribution in [0.3, 0.4) is 0 Å². The van der Waals surface area contributed by atoms with Crippen molar-refractivity contribution < 1.29 is 0 Å². The van der Waals surface area contributed by atoms with Gasteiger partial charge in [0.2, 0.25) is 0 Å². The smallest absolute Gasteiger partial charge is 0.127 e. The molecule has 0 aliphatic rings. The summed E-state index contributed by atoms with van der Waals surface area (Å²) in [5.41, 5.74) is 4.84. The summed E-state index contributed by atoms with van der Waals surface area (Å²) in [7, 11) is 0. The second kappa shape index (κ2) is 5.59. The van der Waals surface area contributed by atoms with Gasteiger partial charge in [-0.15, -0.1) is 11.3 Å². The predicted octanol–water partition coefficient (Wildman–Crippen LogP) is 3.96. The Morgan fingerprint density at radius 3 is 2.70 bits per heavy atom. The van der Waals surface area contributed by atoms with E-state index in [-0.39, 0.29) is 0 Å². The first-order valence-corrected chi connectivity index (χ1v) is 7.60. The van der Waals surface area contributed by atoms with Crippen LogP contribution in [0.1, 0.15) is 16.8 Å². The van der Waals surface area contributed by atoms with Gasteiger partial charge in [-0.2, -0.15) is 0 Å². The lowest BCUT2D eigenvalue weighted by atomic mass is 10.1. The van der Waals surface area contributed by atoms with Crippen molar-refractivity contribution in [3.8, 4) is 0 Å². The number of anilines is 1. The Morgan fingerprint density at radius 1 is 1.10 bits per heavy atom. The number of aromatic nitrogens is 2. The van der Waals surface area contributed by atoms with Gasteiger partial charge in [-0.25, -0.2) is 9.97 Å². The molecule has 2 heterocycles. The molecule has 0 saturated carbocycles. The quantitative estimate of drug-likeness (QED) is 0.787. The maximum absolute atomic E-state index is 4.44. The highest BCUT2D eigenvalue weighted by Gasteiger charge is 2.08. The summed E-state index contributed by atoms with van der Waals surface area (Å²) in [4.78, 5) is 9.85. The second-order valence-electron chi connectivity index (χ2n) is 4.96. The fourth-order valence-corrected chi connectivity index (χ4v) is 3.19. The van der Waals surface area contributed by atoms with Gasteiger partial charge in [0.15, 0.2) is 0 Å². The Bertz CT molecular complexity index is 716. The first-order valence-electron chi connectivity index (χ1n) is 6.72. The molecule has 0 aliphatic heterocycles. The summed E-state index contributed by atoms with van der Waals surface area (Å²) in [5, 5.41) is 6.81. The zero-order valence-corrected chi connectivity index (χ0v) is 12.5. The third-order valence-electron chi connectivity index (χ3n) is 3.38. The molecule has 0 amide bonds. The van der Waals surface area contributed by atoms with Crippen LogP contribution in [0.5, 0.6) is 0 Å². The Labute approximate surface area is 122 Å². The second-order valence-corrected chi connectivity index (χ2v) is 5.82. The Hall–Kier alpha value is -1.94. The van der Waals surface area contributed by atoms with Crippen molar-refractivity contribution in [3.05, 3.63) is 52.8 Å². The van der Waals surface area contributed by atoms with Gasteiger partial charge >= 0.3 is 0 Å². The van der Waals surface area contributed by atoms with E-state index in [9.17, 15) is 0 Å². The number of nitrogens with one attached hydrogen (secondary N) is 1. The monoisotopic (exact) mass is 283 g/mol. The Morgan fingerprint density at radius 2 is 1.90 bits per heavy atom. The normalized spacial score (nSPS) is 10.9. The van der Waals surface area contributed by atoms with Crippen LogP contribution in [0, 0.1) is 13.8 Å². The van der Waals surface area contributed by atoms with Crippen LogP contribution in [0.25, 0.3) is 10.2 Å². The van der Waals surface area contributed by atoms with Crippen molar-refractivity contribution in [2.24, 2.45) is 0 Å². The van der Waals surface area contributed by atoms with Crippen molar-refractivity contribution in [2.45, 2.75) is 20.3 Å². The number of aryl methyl sites for hydroxylation is 2. The minimum Gasteiger partial charge on any atom is -0.385 e. The average Bonchev–Trinajstić information content (AvgIpc) is 2.84. The highest BCUT2D eigenvalue weighted by atomic mass is 32.1. The molecule has 102 valence electrons. The van der Waals surface area contributed by atoms with E-state index in [2.05, 4.69) is 58.8 Å².